The van der Waals surface area contributed by atoms with E-state index in [1.807, 2.05) is 0 Å². The van der Waals surface area contributed by atoms with Crippen LogP contribution in [0.2, 0.25) is 0 Å². The van der Waals surface area contributed by atoms with E-state index in [1.54, 1.807) is 4.90 Å². The second kappa shape index (κ2) is 7.97. The van der Waals surface area contributed by atoms with Crippen LogP contribution in [0.1, 0.15) is 40.7 Å². The molecule has 6 nitrogen and oxygen atoms in total. The summed E-state index contributed by atoms with van der Waals surface area (Å²) in [5.74, 6) is -1.41. The van der Waals surface area contributed by atoms with Crippen LogP contribution in [0.4, 0.5) is 28.9 Å². The van der Waals surface area contributed by atoms with Crippen molar-refractivity contribution in [3.63, 3.8) is 0 Å². The van der Waals surface area contributed by atoms with Gasteiger partial charge >= 0.3 is 6.18 Å². The zero-order chi connectivity index (χ0) is 24.1. The average Bonchev–Trinajstić information content (AvgIpc) is 2.98. The zero-order valence-electron chi connectivity index (χ0n) is 17.3. The summed E-state index contributed by atoms with van der Waals surface area (Å²) < 4.78 is 55.1. The number of anilines is 2. The van der Waals surface area contributed by atoms with Crippen molar-refractivity contribution >= 4 is 34.6 Å². The minimum Gasteiger partial charge on any atom is -0.371 e. The third-order valence-corrected chi connectivity index (χ3v) is 6.56. The van der Waals surface area contributed by atoms with Gasteiger partial charge in [0.25, 0.3) is 5.91 Å². The molecule has 0 aromatic heterocycles. The minimum absolute atomic E-state index is 0.00729. The van der Waals surface area contributed by atoms with Gasteiger partial charge in [0.1, 0.15) is 5.82 Å². The molecule has 2 aliphatic rings. The summed E-state index contributed by atoms with van der Waals surface area (Å²) in [6.07, 6.45) is -4.38. The summed E-state index contributed by atoms with van der Waals surface area (Å²) in [6, 6.07) is 8.50. The minimum atomic E-state index is -4.78. The van der Waals surface area contributed by atoms with E-state index in [2.05, 4.69) is 5.32 Å². The fourth-order valence-electron chi connectivity index (χ4n) is 4.37. The van der Waals surface area contributed by atoms with Gasteiger partial charge in [-0.05, 0) is 67.9 Å². The summed E-state index contributed by atoms with van der Waals surface area (Å²) in [5.41, 5.74) is -2.57. The van der Waals surface area contributed by atoms with Crippen LogP contribution in [0, 0.1) is 17.1 Å². The number of aliphatic hydroxyl groups is 1. The fraction of sp³-hybridized carbons (Fsp3) is 0.318. The Balaban J connectivity index is 1.79. The fourth-order valence-corrected chi connectivity index (χ4v) is 4.87. The zero-order valence-corrected chi connectivity index (χ0v) is 18.1. The lowest BCUT2D eigenvalue weighted by Gasteiger charge is -2.46. The van der Waals surface area contributed by atoms with Crippen LogP contribution < -0.4 is 15.1 Å². The largest absolute Gasteiger partial charge is 0.417 e. The first-order chi connectivity index (χ1) is 15.5. The monoisotopic (exact) mass is 478 g/mol. The van der Waals surface area contributed by atoms with E-state index < -0.39 is 40.8 Å². The van der Waals surface area contributed by atoms with Crippen molar-refractivity contribution in [3.05, 3.63) is 58.9 Å². The Morgan fingerprint density at radius 1 is 1.24 bits per heavy atom. The Morgan fingerprint density at radius 3 is 2.42 bits per heavy atom. The van der Waals surface area contributed by atoms with Gasteiger partial charge in [-0.15, -0.1) is 0 Å². The standard InChI is InChI=1S/C22H18F4N4O2S/c1-28-18(31)15-6-5-14(10-17(15)23)30-20(33)29(19(32)21(30)7-2-8-21)13-4-3-12(11-27)16(9-13)22(24,25)26/h3-6,9-10,19,32H,2,7-8H2,1H3,(H,28,31). The Kier molecular flexibility index (Phi) is 5.54. The maximum absolute atomic E-state index is 14.7. The quantitative estimate of drug-likeness (QED) is 0.514. The number of thiocarbonyl (C=S) groups is 1. The van der Waals surface area contributed by atoms with Crippen molar-refractivity contribution in [2.24, 2.45) is 0 Å². The first kappa shape index (κ1) is 22.9. The highest BCUT2D eigenvalue weighted by Crippen LogP contribution is 2.50. The van der Waals surface area contributed by atoms with Crippen molar-refractivity contribution < 1.29 is 27.5 Å². The maximum Gasteiger partial charge on any atom is 0.417 e. The molecule has 0 bridgehead atoms. The molecule has 2 aromatic carbocycles. The van der Waals surface area contributed by atoms with E-state index in [-0.39, 0.29) is 22.1 Å². The topological polar surface area (TPSA) is 79.6 Å². The van der Waals surface area contributed by atoms with Crippen LogP contribution in [0.25, 0.3) is 0 Å². The van der Waals surface area contributed by atoms with E-state index >= 15 is 0 Å². The molecule has 2 N–H and O–H groups in total. The van der Waals surface area contributed by atoms with Gasteiger partial charge in [0.15, 0.2) is 11.3 Å². The second-order valence-electron chi connectivity index (χ2n) is 7.90. The molecule has 2 aromatic rings. The number of rotatable bonds is 3. The maximum atomic E-state index is 14.7. The number of benzene rings is 2. The molecule has 1 atom stereocenters. The van der Waals surface area contributed by atoms with Crippen LogP contribution in [0.15, 0.2) is 36.4 Å². The summed E-state index contributed by atoms with van der Waals surface area (Å²) in [4.78, 5) is 14.6. The van der Waals surface area contributed by atoms with E-state index in [4.69, 9.17) is 17.5 Å². The molecule has 1 unspecified atom stereocenters. The third kappa shape index (κ3) is 3.50. The number of hydrogen-bond donors (Lipinski definition) is 2. The van der Waals surface area contributed by atoms with Crippen molar-refractivity contribution in [1.82, 2.24) is 5.32 Å². The molecular formula is C22H18F4N4O2S. The third-order valence-electron chi connectivity index (χ3n) is 6.18. The first-order valence-electron chi connectivity index (χ1n) is 9.99. The van der Waals surface area contributed by atoms with Crippen LogP contribution in [-0.2, 0) is 6.18 Å². The van der Waals surface area contributed by atoms with E-state index in [0.717, 1.165) is 24.6 Å². The first-order valence-corrected chi connectivity index (χ1v) is 10.4. The van der Waals surface area contributed by atoms with Crippen LogP contribution in [0.3, 0.4) is 0 Å². The Morgan fingerprint density at radius 2 is 1.91 bits per heavy atom. The molecule has 11 heteroatoms. The molecule has 2 fully saturated rings. The van der Waals surface area contributed by atoms with Crippen LogP contribution in [-0.4, -0.2) is 34.9 Å². The lowest BCUT2D eigenvalue weighted by molar-refractivity contribution is -0.137. The molecule has 1 spiro atoms. The molecule has 172 valence electrons. The number of alkyl halides is 3. The van der Waals surface area contributed by atoms with E-state index in [1.165, 1.54) is 36.2 Å². The predicted molar refractivity (Wildman–Crippen MR) is 116 cm³/mol. The number of nitrogens with one attached hydrogen (secondary N) is 1. The highest BCUT2D eigenvalue weighted by molar-refractivity contribution is 7.80. The van der Waals surface area contributed by atoms with Gasteiger partial charge in [-0.1, -0.05) is 0 Å². The van der Waals surface area contributed by atoms with Crippen molar-refractivity contribution in [3.8, 4) is 6.07 Å². The van der Waals surface area contributed by atoms with Crippen molar-refractivity contribution in [2.45, 2.75) is 37.2 Å². The summed E-state index contributed by atoms with van der Waals surface area (Å²) in [7, 11) is 1.37. The summed E-state index contributed by atoms with van der Waals surface area (Å²) in [6.45, 7) is 0. The van der Waals surface area contributed by atoms with E-state index in [9.17, 15) is 27.5 Å². The highest BCUT2D eigenvalue weighted by atomic mass is 32.1. The highest BCUT2D eigenvalue weighted by Gasteiger charge is 2.59. The van der Waals surface area contributed by atoms with Crippen molar-refractivity contribution in [2.75, 3.05) is 16.8 Å². The number of carbonyl (C=O) groups is 1. The SMILES string of the molecule is CNC(=O)c1ccc(N2C(=S)N(c3ccc(C#N)c(C(F)(F)F)c3)C(O)C23CCC3)cc1F. The number of amides is 1. The Labute approximate surface area is 192 Å². The van der Waals surface area contributed by atoms with Gasteiger partial charge in [-0.3, -0.25) is 9.69 Å². The number of carbonyl (C=O) groups excluding carboxylic acids is 1. The summed E-state index contributed by atoms with van der Waals surface area (Å²) >= 11 is 5.54. The van der Waals surface area contributed by atoms with Gasteiger partial charge < -0.3 is 15.3 Å². The number of nitriles is 1. The lowest BCUT2D eigenvalue weighted by atomic mass is 9.74. The van der Waals surface area contributed by atoms with Crippen LogP contribution >= 0.6 is 12.2 Å². The van der Waals surface area contributed by atoms with Gasteiger partial charge in [0.2, 0.25) is 0 Å². The molecule has 1 saturated heterocycles. The average molecular weight is 478 g/mol. The van der Waals surface area contributed by atoms with Crippen molar-refractivity contribution in [1.29, 1.82) is 5.26 Å². The molecule has 0 radical (unpaired) electrons. The van der Waals surface area contributed by atoms with Crippen LogP contribution in [0.5, 0.6) is 0 Å². The van der Waals surface area contributed by atoms with Gasteiger partial charge in [-0.2, -0.15) is 18.4 Å². The molecular weight excluding hydrogens is 460 g/mol. The molecule has 1 amide bonds. The Bertz CT molecular complexity index is 1190. The molecule has 1 heterocycles. The smallest absolute Gasteiger partial charge is 0.371 e. The summed E-state index contributed by atoms with van der Waals surface area (Å²) in [5, 5.41) is 22.6. The Hall–Kier alpha value is -3.23. The number of aliphatic hydroxyl groups excluding tert-OH is 1. The molecule has 1 aliphatic carbocycles. The number of halogens is 4. The molecule has 1 aliphatic heterocycles. The number of nitrogens with zero attached hydrogens (tertiary/aromatic N) is 3. The normalized spacial score (nSPS) is 19.4. The van der Waals surface area contributed by atoms with Gasteiger partial charge in [0.05, 0.1) is 28.3 Å². The molecule has 4 rings (SSSR count). The second-order valence-corrected chi connectivity index (χ2v) is 8.27. The molecule has 1 saturated carbocycles. The lowest BCUT2D eigenvalue weighted by Crippen LogP contribution is -2.57. The van der Waals surface area contributed by atoms with Gasteiger partial charge in [-0.25, -0.2) is 4.39 Å². The molecule has 33 heavy (non-hydrogen) atoms. The van der Waals surface area contributed by atoms with E-state index in [0.29, 0.717) is 12.8 Å². The van der Waals surface area contributed by atoms with Gasteiger partial charge in [0, 0.05) is 18.4 Å². The number of hydrogen-bond acceptors (Lipinski definition) is 4. The predicted octanol–water partition coefficient (Wildman–Crippen LogP) is 3.93.